The van der Waals surface area contributed by atoms with Gasteiger partial charge in [-0.05, 0) is 56.2 Å². The number of anilines is 4. The first-order valence-corrected chi connectivity index (χ1v) is 15.3. The van der Waals surface area contributed by atoms with E-state index in [1.54, 1.807) is 13.0 Å². The lowest BCUT2D eigenvalue weighted by Crippen LogP contribution is -2.57. The Balaban J connectivity index is 1.27. The zero-order chi connectivity index (χ0) is 29.7. The molecule has 0 bridgehead atoms. The molecule has 13 nitrogen and oxygen atoms in total. The summed E-state index contributed by atoms with van der Waals surface area (Å²) in [6.07, 6.45) is 5.56. The number of nitrogens with one attached hydrogen (secondary N) is 2. The maximum atomic E-state index is 13.6. The van der Waals surface area contributed by atoms with Crippen molar-refractivity contribution in [3.05, 3.63) is 36.2 Å². The average Bonchev–Trinajstić information content (AvgIpc) is 3.48. The van der Waals surface area contributed by atoms with E-state index in [1.807, 2.05) is 4.90 Å². The number of amides is 1. The Morgan fingerprint density at radius 1 is 1.07 bits per heavy atom. The summed E-state index contributed by atoms with van der Waals surface area (Å²) in [6, 6.07) is 6.00. The lowest BCUT2D eigenvalue weighted by Gasteiger charge is -2.39. The van der Waals surface area contributed by atoms with Crippen LogP contribution in [0.4, 0.5) is 31.9 Å². The topological polar surface area (TPSA) is 151 Å². The highest BCUT2D eigenvalue weighted by atomic mass is 32.2. The first-order valence-electron chi connectivity index (χ1n) is 13.6. The van der Waals surface area contributed by atoms with Crippen molar-refractivity contribution < 1.29 is 31.5 Å². The molecule has 1 aromatic carbocycles. The van der Waals surface area contributed by atoms with E-state index < -0.39 is 46.7 Å². The Morgan fingerprint density at radius 3 is 2.48 bits per heavy atom. The molecule has 2 aliphatic heterocycles. The van der Waals surface area contributed by atoms with Gasteiger partial charge in [0.2, 0.25) is 16.0 Å². The van der Waals surface area contributed by atoms with Crippen LogP contribution in [0, 0.1) is 5.41 Å². The van der Waals surface area contributed by atoms with Gasteiger partial charge in [-0.2, -0.15) is 14.6 Å². The monoisotopic (exact) mass is 604 g/mol. The Kier molecular flexibility index (Phi) is 6.90. The first kappa shape index (κ1) is 28.1. The second kappa shape index (κ2) is 10.3. The number of piperidine rings is 1. The number of rotatable bonds is 9. The van der Waals surface area contributed by atoms with E-state index in [9.17, 15) is 26.8 Å². The number of hydrogen-bond donors (Lipinski definition) is 2. The average molecular weight is 605 g/mol. The fourth-order valence-corrected chi connectivity index (χ4v) is 6.39. The highest BCUT2D eigenvalue weighted by Gasteiger charge is 2.46. The number of nitrogens with zero attached hydrogens (tertiary/aromatic N) is 6. The second-order valence-corrected chi connectivity index (χ2v) is 12.7. The molecular weight excluding hydrogens is 574 g/mol. The van der Waals surface area contributed by atoms with Crippen molar-refractivity contribution in [1.82, 2.24) is 19.6 Å². The lowest BCUT2D eigenvalue weighted by molar-refractivity contribution is -0.139. The van der Waals surface area contributed by atoms with Crippen molar-refractivity contribution in [2.24, 2.45) is 5.41 Å². The molecule has 0 unspecified atom stereocenters. The zero-order valence-electron chi connectivity index (χ0n) is 22.8. The Hall–Kier alpha value is -4.08. The van der Waals surface area contributed by atoms with Gasteiger partial charge in [0, 0.05) is 19.2 Å². The Bertz CT molecular complexity index is 1640. The van der Waals surface area contributed by atoms with E-state index in [4.69, 9.17) is 4.74 Å². The third-order valence-electron chi connectivity index (χ3n) is 7.87. The number of carbonyl (C=O) groups excluding carboxylic acids is 2. The maximum Gasteiger partial charge on any atom is 0.323 e. The van der Waals surface area contributed by atoms with Crippen molar-refractivity contribution in [2.45, 2.75) is 38.5 Å². The van der Waals surface area contributed by atoms with E-state index in [-0.39, 0.29) is 29.6 Å². The number of aromatic nitrogens is 4. The van der Waals surface area contributed by atoms with E-state index in [1.165, 1.54) is 46.8 Å². The molecule has 0 radical (unpaired) electrons. The van der Waals surface area contributed by atoms with Crippen LogP contribution in [0.5, 0.6) is 0 Å². The molecular formula is C26H30F2N8O5S. The summed E-state index contributed by atoms with van der Waals surface area (Å²) >= 11 is 0. The van der Waals surface area contributed by atoms with Gasteiger partial charge >= 0.3 is 5.97 Å². The molecule has 3 aromatic rings. The van der Waals surface area contributed by atoms with Crippen LogP contribution in [-0.2, 0) is 19.6 Å². The van der Waals surface area contributed by atoms with Gasteiger partial charge in [0.25, 0.3) is 11.8 Å². The zero-order valence-corrected chi connectivity index (χ0v) is 23.7. The summed E-state index contributed by atoms with van der Waals surface area (Å²) < 4.78 is 60.8. The van der Waals surface area contributed by atoms with Gasteiger partial charge in [0.05, 0.1) is 36.6 Å². The summed E-state index contributed by atoms with van der Waals surface area (Å²) in [5.41, 5.74) is 1.67. The number of halogens is 2. The number of sulfonamides is 1. The van der Waals surface area contributed by atoms with Gasteiger partial charge < -0.3 is 19.9 Å². The molecule has 42 heavy (non-hydrogen) atoms. The standard InChI is InChI=1S/C26H30F2N8O5S/c1-2-41-22(37)13-42(39,40)33-17-3-4-18(19(11-17)34-9-7-25(5-6-25)8-10-34)23(38)31-20-12-21-29-16-30-36(21)24(32-20)35-14-26(27,28)15-35/h3-4,11-12,16,33H,2,5-10,13-15H2,1H3,(H,31,38). The van der Waals surface area contributed by atoms with Crippen LogP contribution < -0.4 is 19.8 Å². The summed E-state index contributed by atoms with van der Waals surface area (Å²) in [4.78, 5) is 37.3. The van der Waals surface area contributed by atoms with Gasteiger partial charge in [0.15, 0.2) is 11.4 Å². The number of esters is 1. The molecule has 16 heteroatoms. The van der Waals surface area contributed by atoms with Crippen molar-refractivity contribution in [3.63, 3.8) is 0 Å². The fraction of sp³-hybridized carbons (Fsp3) is 0.500. The molecule has 2 saturated heterocycles. The van der Waals surface area contributed by atoms with Gasteiger partial charge in [-0.15, -0.1) is 0 Å². The van der Waals surface area contributed by atoms with Crippen LogP contribution in [-0.4, -0.2) is 84.3 Å². The van der Waals surface area contributed by atoms with Crippen LogP contribution in [0.25, 0.3) is 5.65 Å². The van der Waals surface area contributed by atoms with E-state index in [0.717, 1.165) is 12.8 Å². The second-order valence-electron chi connectivity index (χ2n) is 11.0. The normalized spacial score (nSPS) is 18.9. The predicted octanol–water partition coefficient (Wildman–Crippen LogP) is 2.52. The number of fused-ring (bicyclic) bond motifs is 1. The molecule has 3 aliphatic rings. The SMILES string of the molecule is CCOC(=O)CS(=O)(=O)Nc1ccc(C(=O)Nc2cc3ncnn3c(N3CC(F)(F)C3)n2)c(N2CCC3(CC2)CC3)c1. The largest absolute Gasteiger partial charge is 0.465 e. The smallest absolute Gasteiger partial charge is 0.323 e. The van der Waals surface area contributed by atoms with Gasteiger partial charge in [0.1, 0.15) is 12.1 Å². The quantitative estimate of drug-likeness (QED) is 0.349. The number of hydrogen-bond acceptors (Lipinski definition) is 10. The maximum absolute atomic E-state index is 13.6. The fourth-order valence-electron chi connectivity index (χ4n) is 5.44. The van der Waals surface area contributed by atoms with Crippen LogP contribution in [0.15, 0.2) is 30.6 Å². The van der Waals surface area contributed by atoms with Crippen molar-refractivity contribution in [3.8, 4) is 0 Å². The van der Waals surface area contributed by atoms with Crippen molar-refractivity contribution in [1.29, 1.82) is 0 Å². The van der Waals surface area contributed by atoms with Crippen LogP contribution >= 0.6 is 0 Å². The van der Waals surface area contributed by atoms with Crippen LogP contribution in [0.1, 0.15) is 43.0 Å². The molecule has 3 fully saturated rings. The molecule has 1 spiro atoms. The molecule has 6 rings (SSSR count). The number of ether oxygens (including phenoxy) is 1. The Morgan fingerprint density at radius 2 is 1.81 bits per heavy atom. The summed E-state index contributed by atoms with van der Waals surface area (Å²) in [6.45, 7) is 1.97. The number of carbonyl (C=O) groups is 2. The third-order valence-corrected chi connectivity index (χ3v) is 9.03. The van der Waals surface area contributed by atoms with E-state index in [2.05, 4.69) is 25.1 Å². The molecule has 1 saturated carbocycles. The van der Waals surface area contributed by atoms with Crippen molar-refractivity contribution >= 4 is 50.7 Å². The highest BCUT2D eigenvalue weighted by molar-refractivity contribution is 7.93. The number of benzene rings is 1. The molecule has 1 amide bonds. The third kappa shape index (κ3) is 5.80. The van der Waals surface area contributed by atoms with Gasteiger partial charge in [-0.3, -0.25) is 14.3 Å². The minimum absolute atomic E-state index is 0.0592. The predicted molar refractivity (Wildman–Crippen MR) is 149 cm³/mol. The summed E-state index contributed by atoms with van der Waals surface area (Å²) in [5.74, 6) is -4.84. The molecule has 224 valence electrons. The van der Waals surface area contributed by atoms with Gasteiger partial charge in [-0.25, -0.2) is 22.2 Å². The molecule has 0 atom stereocenters. The minimum atomic E-state index is -4.05. The minimum Gasteiger partial charge on any atom is -0.465 e. The van der Waals surface area contributed by atoms with Crippen molar-refractivity contribution in [2.75, 3.05) is 58.4 Å². The highest BCUT2D eigenvalue weighted by Crippen LogP contribution is 2.54. The van der Waals surface area contributed by atoms with Crippen LogP contribution in [0.3, 0.4) is 0 Å². The number of alkyl halides is 2. The summed E-state index contributed by atoms with van der Waals surface area (Å²) in [5, 5.41) is 6.81. The molecule has 2 N–H and O–H groups in total. The summed E-state index contributed by atoms with van der Waals surface area (Å²) in [7, 11) is -4.05. The van der Waals surface area contributed by atoms with E-state index in [0.29, 0.717) is 29.8 Å². The molecule has 1 aliphatic carbocycles. The van der Waals surface area contributed by atoms with Crippen LogP contribution in [0.2, 0.25) is 0 Å². The Labute approximate surface area is 240 Å². The lowest BCUT2D eigenvalue weighted by atomic mass is 9.93. The first-order chi connectivity index (χ1) is 19.9. The van der Waals surface area contributed by atoms with E-state index >= 15 is 0 Å². The molecule has 4 heterocycles. The van der Waals surface area contributed by atoms with Gasteiger partial charge in [-0.1, -0.05) is 0 Å². The molecule has 2 aromatic heterocycles.